The average molecular weight is 432 g/mol. The molecule has 0 spiro atoms. The minimum Gasteiger partial charge on any atom is -0.355 e. The van der Waals surface area contributed by atoms with Gasteiger partial charge < -0.3 is 10.2 Å². The van der Waals surface area contributed by atoms with E-state index in [1.165, 1.54) is 4.90 Å². The lowest BCUT2D eigenvalue weighted by atomic mass is 10.1. The fraction of sp³-hybridized carbons (Fsp3) is 0.364. The highest BCUT2D eigenvalue weighted by atomic mass is 32.2. The van der Waals surface area contributed by atoms with Crippen molar-refractivity contribution < 1.29 is 18.0 Å². The lowest BCUT2D eigenvalue weighted by Crippen LogP contribution is -2.51. The summed E-state index contributed by atoms with van der Waals surface area (Å²) < 4.78 is 26.1. The number of hydrogen-bond donors (Lipinski definition) is 1. The summed E-state index contributed by atoms with van der Waals surface area (Å²) >= 11 is 0. The van der Waals surface area contributed by atoms with E-state index in [2.05, 4.69) is 5.32 Å². The Hall–Kier alpha value is -2.87. The molecule has 2 amide bonds. The molecule has 2 rings (SSSR count). The molecular weight excluding hydrogens is 402 g/mol. The standard InChI is InChI=1S/C22H29N3O4S/c1-5-23-22(27)18(3)24(15-19-12-7-6-8-13-19)21(26)16-25(30(4,28)29)20-14-10-9-11-17(20)2/h6-14,18H,5,15-16H2,1-4H3,(H,23,27)/t18-/m0/s1. The molecule has 2 aromatic rings. The quantitative estimate of drug-likeness (QED) is 0.660. The molecule has 1 N–H and O–H groups in total. The zero-order valence-electron chi connectivity index (χ0n) is 17.8. The zero-order valence-corrected chi connectivity index (χ0v) is 18.6. The van der Waals surface area contributed by atoms with Gasteiger partial charge in [-0.05, 0) is 38.0 Å². The Morgan fingerprint density at radius 3 is 2.20 bits per heavy atom. The van der Waals surface area contributed by atoms with Gasteiger partial charge in [0.25, 0.3) is 0 Å². The Morgan fingerprint density at radius 2 is 1.63 bits per heavy atom. The predicted octanol–water partition coefficient (Wildman–Crippen LogP) is 2.31. The molecular formula is C22H29N3O4S. The van der Waals surface area contributed by atoms with Crippen LogP contribution in [-0.2, 0) is 26.2 Å². The van der Waals surface area contributed by atoms with Gasteiger partial charge in [0.2, 0.25) is 21.8 Å². The van der Waals surface area contributed by atoms with E-state index >= 15 is 0 Å². The van der Waals surface area contributed by atoms with E-state index < -0.39 is 22.0 Å². The first-order valence-electron chi connectivity index (χ1n) is 9.79. The van der Waals surface area contributed by atoms with Gasteiger partial charge in [-0.1, -0.05) is 48.5 Å². The number of nitrogens with zero attached hydrogens (tertiary/aromatic N) is 2. The van der Waals surface area contributed by atoms with E-state index in [-0.39, 0.29) is 19.0 Å². The second-order valence-corrected chi connectivity index (χ2v) is 9.04. The molecule has 0 unspecified atom stereocenters. The summed E-state index contributed by atoms with van der Waals surface area (Å²) in [5.74, 6) is -0.741. The van der Waals surface area contributed by atoms with Crippen LogP contribution < -0.4 is 9.62 Å². The lowest BCUT2D eigenvalue weighted by molar-refractivity contribution is -0.139. The first kappa shape index (κ1) is 23.4. The SMILES string of the molecule is CCNC(=O)[C@H](C)N(Cc1ccccc1)C(=O)CN(c1ccccc1C)S(C)(=O)=O. The number of aryl methyl sites for hydroxylation is 1. The number of para-hydroxylation sites is 1. The van der Waals surface area contributed by atoms with Crippen molar-refractivity contribution in [1.29, 1.82) is 0 Å². The molecule has 1 atom stereocenters. The Morgan fingerprint density at radius 1 is 1.03 bits per heavy atom. The smallest absolute Gasteiger partial charge is 0.244 e. The second kappa shape index (κ2) is 10.2. The van der Waals surface area contributed by atoms with E-state index in [0.29, 0.717) is 12.2 Å². The maximum Gasteiger partial charge on any atom is 0.244 e. The number of rotatable bonds is 9. The molecule has 0 radical (unpaired) electrons. The number of likely N-dealkylation sites (N-methyl/N-ethyl adjacent to an activating group) is 1. The minimum absolute atomic E-state index is 0.198. The van der Waals surface area contributed by atoms with Crippen LogP contribution in [0.3, 0.4) is 0 Å². The Kier molecular flexibility index (Phi) is 8.00. The van der Waals surface area contributed by atoms with Crippen molar-refractivity contribution in [3.8, 4) is 0 Å². The van der Waals surface area contributed by atoms with Crippen molar-refractivity contribution in [1.82, 2.24) is 10.2 Å². The summed E-state index contributed by atoms with van der Waals surface area (Å²) in [6.45, 7) is 5.48. The van der Waals surface area contributed by atoms with Crippen LogP contribution in [0.2, 0.25) is 0 Å². The van der Waals surface area contributed by atoms with Crippen LogP contribution in [-0.4, -0.2) is 50.5 Å². The molecule has 30 heavy (non-hydrogen) atoms. The highest BCUT2D eigenvalue weighted by molar-refractivity contribution is 7.92. The normalized spacial score (nSPS) is 12.1. The molecule has 0 aliphatic rings. The fourth-order valence-corrected chi connectivity index (χ4v) is 4.03. The third-order valence-electron chi connectivity index (χ3n) is 4.78. The molecule has 0 heterocycles. The monoisotopic (exact) mass is 431 g/mol. The van der Waals surface area contributed by atoms with Crippen LogP contribution in [0.15, 0.2) is 54.6 Å². The zero-order chi connectivity index (χ0) is 22.3. The van der Waals surface area contributed by atoms with Gasteiger partial charge in [0.05, 0.1) is 11.9 Å². The third kappa shape index (κ3) is 6.06. The summed E-state index contributed by atoms with van der Waals surface area (Å²) in [7, 11) is -3.71. The van der Waals surface area contributed by atoms with Crippen molar-refractivity contribution in [3.63, 3.8) is 0 Å². The second-order valence-electron chi connectivity index (χ2n) is 7.13. The van der Waals surface area contributed by atoms with Gasteiger partial charge in [-0.3, -0.25) is 13.9 Å². The van der Waals surface area contributed by atoms with E-state index in [0.717, 1.165) is 21.7 Å². The van der Waals surface area contributed by atoms with Crippen LogP contribution in [0, 0.1) is 6.92 Å². The number of benzene rings is 2. The third-order valence-corrected chi connectivity index (χ3v) is 5.90. The first-order valence-corrected chi connectivity index (χ1v) is 11.6. The molecule has 0 aromatic heterocycles. The molecule has 0 fully saturated rings. The van der Waals surface area contributed by atoms with E-state index in [4.69, 9.17) is 0 Å². The highest BCUT2D eigenvalue weighted by Crippen LogP contribution is 2.22. The summed E-state index contributed by atoms with van der Waals surface area (Å²) in [5, 5.41) is 2.73. The van der Waals surface area contributed by atoms with E-state index in [1.54, 1.807) is 45.0 Å². The molecule has 0 aliphatic carbocycles. The Bertz CT molecular complexity index is 977. The molecule has 162 valence electrons. The van der Waals surface area contributed by atoms with E-state index in [9.17, 15) is 18.0 Å². The molecule has 0 saturated heterocycles. The maximum absolute atomic E-state index is 13.3. The molecule has 0 saturated carbocycles. The number of sulfonamides is 1. The number of hydrogen-bond acceptors (Lipinski definition) is 4. The Balaban J connectivity index is 2.37. The van der Waals surface area contributed by atoms with Gasteiger partial charge in [0.15, 0.2) is 0 Å². The van der Waals surface area contributed by atoms with Gasteiger partial charge in [0, 0.05) is 13.1 Å². The number of anilines is 1. The van der Waals surface area contributed by atoms with Crippen molar-refractivity contribution in [2.75, 3.05) is 23.7 Å². The van der Waals surface area contributed by atoms with Crippen molar-refractivity contribution >= 4 is 27.5 Å². The predicted molar refractivity (Wildman–Crippen MR) is 119 cm³/mol. The molecule has 0 aliphatic heterocycles. The summed E-state index contributed by atoms with van der Waals surface area (Å²) in [6, 6.07) is 15.5. The van der Waals surface area contributed by atoms with Crippen molar-refractivity contribution in [3.05, 3.63) is 65.7 Å². The summed E-state index contributed by atoms with van der Waals surface area (Å²) in [4.78, 5) is 27.1. The number of carbonyl (C=O) groups excluding carboxylic acids is 2. The largest absolute Gasteiger partial charge is 0.355 e. The van der Waals surface area contributed by atoms with Gasteiger partial charge in [-0.15, -0.1) is 0 Å². The Labute approximate surface area is 178 Å². The number of amides is 2. The van der Waals surface area contributed by atoms with Gasteiger partial charge in [-0.2, -0.15) is 0 Å². The average Bonchev–Trinajstić information content (AvgIpc) is 2.70. The van der Waals surface area contributed by atoms with Crippen LogP contribution in [0.25, 0.3) is 0 Å². The fourth-order valence-electron chi connectivity index (χ4n) is 3.12. The van der Waals surface area contributed by atoms with Gasteiger partial charge >= 0.3 is 0 Å². The van der Waals surface area contributed by atoms with Crippen molar-refractivity contribution in [2.45, 2.75) is 33.4 Å². The molecule has 2 aromatic carbocycles. The highest BCUT2D eigenvalue weighted by Gasteiger charge is 2.30. The first-order chi connectivity index (χ1) is 14.1. The van der Waals surface area contributed by atoms with Crippen LogP contribution >= 0.6 is 0 Å². The van der Waals surface area contributed by atoms with E-state index in [1.807, 2.05) is 30.3 Å². The van der Waals surface area contributed by atoms with Gasteiger partial charge in [0.1, 0.15) is 12.6 Å². The maximum atomic E-state index is 13.3. The van der Waals surface area contributed by atoms with Crippen molar-refractivity contribution in [2.24, 2.45) is 0 Å². The number of nitrogens with one attached hydrogen (secondary N) is 1. The van der Waals surface area contributed by atoms with Gasteiger partial charge in [-0.25, -0.2) is 8.42 Å². The van der Waals surface area contributed by atoms with Crippen LogP contribution in [0.4, 0.5) is 5.69 Å². The molecule has 7 nitrogen and oxygen atoms in total. The van der Waals surface area contributed by atoms with Crippen LogP contribution in [0.5, 0.6) is 0 Å². The van der Waals surface area contributed by atoms with Crippen LogP contribution in [0.1, 0.15) is 25.0 Å². The summed E-state index contributed by atoms with van der Waals surface area (Å²) in [5.41, 5.74) is 2.03. The molecule has 8 heteroatoms. The lowest BCUT2D eigenvalue weighted by Gasteiger charge is -2.31. The summed E-state index contributed by atoms with van der Waals surface area (Å²) in [6.07, 6.45) is 1.07. The molecule has 0 bridgehead atoms. The topological polar surface area (TPSA) is 86.8 Å². The number of carbonyl (C=O) groups is 2. The minimum atomic E-state index is -3.71.